The van der Waals surface area contributed by atoms with Crippen LogP contribution in [0.5, 0.6) is 0 Å². The van der Waals surface area contributed by atoms with Gasteiger partial charge in [-0.05, 0) is 19.1 Å². The van der Waals surface area contributed by atoms with Gasteiger partial charge < -0.3 is 0 Å². The SMILES string of the molecule is Cc1nc(=O)[nH]n1-c1nc2ccccc2s1. The number of fused-ring (bicyclic) bond motifs is 1. The average Bonchev–Trinajstić information content (AvgIpc) is 2.81. The fraction of sp³-hybridized carbons (Fsp3) is 0.100. The topological polar surface area (TPSA) is 63.6 Å². The summed E-state index contributed by atoms with van der Waals surface area (Å²) in [4.78, 5) is 19.3. The summed E-state index contributed by atoms with van der Waals surface area (Å²) < 4.78 is 2.69. The maximum Gasteiger partial charge on any atom is 0.361 e. The van der Waals surface area contributed by atoms with Gasteiger partial charge in [0.2, 0.25) is 5.13 Å². The third-order valence-corrected chi connectivity index (χ3v) is 3.29. The maximum absolute atomic E-state index is 11.1. The van der Waals surface area contributed by atoms with Crippen molar-refractivity contribution in [2.45, 2.75) is 6.92 Å². The van der Waals surface area contributed by atoms with Crippen LogP contribution in [0, 0.1) is 6.92 Å². The van der Waals surface area contributed by atoms with Gasteiger partial charge in [0.1, 0.15) is 5.82 Å². The predicted octanol–water partition coefficient (Wildman–Crippen LogP) is 1.48. The van der Waals surface area contributed by atoms with Crippen LogP contribution in [0.3, 0.4) is 0 Å². The highest BCUT2D eigenvalue weighted by molar-refractivity contribution is 7.20. The molecule has 6 heteroatoms. The quantitative estimate of drug-likeness (QED) is 0.691. The minimum atomic E-state index is -0.350. The smallest absolute Gasteiger partial charge is 0.244 e. The Labute approximate surface area is 94.4 Å². The zero-order chi connectivity index (χ0) is 11.1. The van der Waals surface area contributed by atoms with Crippen LogP contribution < -0.4 is 5.69 Å². The lowest BCUT2D eigenvalue weighted by Crippen LogP contribution is -2.04. The summed E-state index contributed by atoms with van der Waals surface area (Å²) >= 11 is 1.52. The van der Waals surface area contributed by atoms with Gasteiger partial charge in [-0.25, -0.2) is 19.6 Å². The largest absolute Gasteiger partial charge is 0.361 e. The van der Waals surface area contributed by atoms with Gasteiger partial charge in [-0.1, -0.05) is 23.5 Å². The van der Waals surface area contributed by atoms with Crippen molar-refractivity contribution >= 4 is 21.6 Å². The molecule has 0 fully saturated rings. The molecule has 0 aliphatic carbocycles. The van der Waals surface area contributed by atoms with E-state index in [1.54, 1.807) is 11.6 Å². The molecule has 2 aromatic heterocycles. The highest BCUT2D eigenvalue weighted by Crippen LogP contribution is 2.23. The first-order valence-electron chi connectivity index (χ1n) is 4.75. The van der Waals surface area contributed by atoms with Gasteiger partial charge >= 0.3 is 5.69 Å². The summed E-state index contributed by atoms with van der Waals surface area (Å²) in [5.74, 6) is 0.615. The molecule has 5 nitrogen and oxygen atoms in total. The zero-order valence-electron chi connectivity index (χ0n) is 8.47. The van der Waals surface area contributed by atoms with Crippen LogP contribution in [-0.2, 0) is 0 Å². The highest BCUT2D eigenvalue weighted by atomic mass is 32.1. The molecule has 3 rings (SSSR count). The molecule has 0 spiro atoms. The van der Waals surface area contributed by atoms with E-state index in [4.69, 9.17) is 0 Å². The number of H-pyrrole nitrogens is 1. The van der Waals surface area contributed by atoms with Crippen molar-refractivity contribution in [2.75, 3.05) is 0 Å². The van der Waals surface area contributed by atoms with Gasteiger partial charge in [-0.2, -0.15) is 4.98 Å². The van der Waals surface area contributed by atoms with Crippen molar-refractivity contribution in [1.82, 2.24) is 19.7 Å². The standard InChI is InChI=1S/C10H8N4OS/c1-6-11-9(15)13-14(6)10-12-7-4-2-3-5-8(7)16-10/h2-5H,1H3,(H,13,15). The predicted molar refractivity (Wildman–Crippen MR) is 62.1 cm³/mol. The molecule has 16 heavy (non-hydrogen) atoms. The summed E-state index contributed by atoms with van der Waals surface area (Å²) in [5.41, 5.74) is 0.577. The van der Waals surface area contributed by atoms with Crippen LogP contribution in [0.15, 0.2) is 29.1 Å². The molecule has 1 aromatic carbocycles. The first kappa shape index (κ1) is 9.29. The minimum Gasteiger partial charge on any atom is -0.244 e. The average molecular weight is 232 g/mol. The number of hydrogen-bond donors (Lipinski definition) is 1. The van der Waals surface area contributed by atoms with E-state index in [2.05, 4.69) is 15.1 Å². The zero-order valence-corrected chi connectivity index (χ0v) is 9.28. The summed E-state index contributed by atoms with van der Waals surface area (Å²) in [5, 5.41) is 3.35. The van der Waals surface area contributed by atoms with Gasteiger partial charge in [-0.15, -0.1) is 0 Å². The Morgan fingerprint density at radius 3 is 2.81 bits per heavy atom. The van der Waals surface area contributed by atoms with Crippen LogP contribution >= 0.6 is 11.3 Å². The first-order valence-corrected chi connectivity index (χ1v) is 5.57. The molecule has 1 N–H and O–H groups in total. The van der Waals surface area contributed by atoms with E-state index in [-0.39, 0.29) is 5.69 Å². The number of rotatable bonds is 1. The third-order valence-electron chi connectivity index (χ3n) is 2.27. The molecule has 0 saturated heterocycles. The lowest BCUT2D eigenvalue weighted by Gasteiger charge is -1.95. The Morgan fingerprint density at radius 1 is 1.31 bits per heavy atom. The van der Waals surface area contributed by atoms with E-state index in [9.17, 15) is 4.79 Å². The number of aromatic amines is 1. The Balaban J connectivity index is 2.26. The van der Waals surface area contributed by atoms with Gasteiger partial charge in [0.15, 0.2) is 0 Å². The third kappa shape index (κ3) is 1.35. The minimum absolute atomic E-state index is 0.350. The summed E-state index contributed by atoms with van der Waals surface area (Å²) in [7, 11) is 0. The second-order valence-electron chi connectivity index (χ2n) is 3.38. The second-order valence-corrected chi connectivity index (χ2v) is 4.38. The molecule has 0 radical (unpaired) electrons. The van der Waals surface area contributed by atoms with Crippen LogP contribution in [-0.4, -0.2) is 19.7 Å². The van der Waals surface area contributed by atoms with Crippen molar-refractivity contribution in [1.29, 1.82) is 0 Å². The second kappa shape index (κ2) is 3.28. The van der Waals surface area contributed by atoms with Gasteiger partial charge in [0, 0.05) is 0 Å². The molecule has 2 heterocycles. The number of aromatic nitrogens is 4. The Bertz CT molecular complexity index is 676. The van der Waals surface area contributed by atoms with Gasteiger partial charge in [0.25, 0.3) is 0 Å². The molecule has 0 bridgehead atoms. The lowest BCUT2D eigenvalue weighted by atomic mass is 10.3. The number of hydrogen-bond acceptors (Lipinski definition) is 4. The van der Waals surface area contributed by atoms with E-state index >= 15 is 0 Å². The van der Waals surface area contributed by atoms with Crippen molar-refractivity contribution < 1.29 is 0 Å². The summed E-state index contributed by atoms with van der Waals surface area (Å²) in [6, 6.07) is 7.85. The van der Waals surface area contributed by atoms with Crippen molar-refractivity contribution in [3.63, 3.8) is 0 Å². The normalized spacial score (nSPS) is 11.1. The number of nitrogens with one attached hydrogen (secondary N) is 1. The van der Waals surface area contributed by atoms with Crippen molar-refractivity contribution in [3.05, 3.63) is 40.6 Å². The molecule has 0 saturated carbocycles. The summed E-state index contributed by atoms with van der Waals surface area (Å²) in [6.45, 7) is 1.77. The van der Waals surface area contributed by atoms with Crippen LogP contribution in [0.25, 0.3) is 15.3 Å². The molecule has 0 unspecified atom stereocenters. The van der Waals surface area contributed by atoms with Crippen LogP contribution in [0.4, 0.5) is 0 Å². The van der Waals surface area contributed by atoms with E-state index in [0.29, 0.717) is 5.82 Å². The van der Waals surface area contributed by atoms with Crippen molar-refractivity contribution in [2.24, 2.45) is 0 Å². The number of benzene rings is 1. The van der Waals surface area contributed by atoms with E-state index in [0.717, 1.165) is 15.3 Å². The molecule has 0 amide bonds. The van der Waals surface area contributed by atoms with E-state index in [1.807, 2.05) is 24.3 Å². The number of aryl methyl sites for hydroxylation is 1. The molecule has 3 aromatic rings. The number of nitrogens with zero attached hydrogens (tertiary/aromatic N) is 3. The molecule has 80 valence electrons. The van der Waals surface area contributed by atoms with E-state index in [1.165, 1.54) is 11.3 Å². The Hall–Kier alpha value is -1.95. The number of para-hydroxylation sites is 1. The van der Waals surface area contributed by atoms with Gasteiger partial charge in [0.05, 0.1) is 10.2 Å². The lowest BCUT2D eigenvalue weighted by molar-refractivity contribution is 0.826. The van der Waals surface area contributed by atoms with E-state index < -0.39 is 0 Å². The van der Waals surface area contributed by atoms with Gasteiger partial charge in [-0.3, -0.25) is 0 Å². The highest BCUT2D eigenvalue weighted by Gasteiger charge is 2.08. The fourth-order valence-electron chi connectivity index (χ4n) is 1.54. The monoisotopic (exact) mass is 232 g/mol. The Morgan fingerprint density at radius 2 is 2.12 bits per heavy atom. The molecule has 0 atom stereocenters. The number of thiazole rings is 1. The molecular formula is C10H8N4OS. The summed E-state index contributed by atoms with van der Waals surface area (Å²) in [6.07, 6.45) is 0. The molecule has 0 aliphatic heterocycles. The molecular weight excluding hydrogens is 224 g/mol. The maximum atomic E-state index is 11.1. The van der Waals surface area contributed by atoms with Crippen molar-refractivity contribution in [3.8, 4) is 5.13 Å². The van der Waals surface area contributed by atoms with Crippen LogP contribution in [0.2, 0.25) is 0 Å². The Kier molecular flexibility index (Phi) is 1.90. The first-order chi connectivity index (χ1) is 7.74. The van der Waals surface area contributed by atoms with Crippen LogP contribution in [0.1, 0.15) is 5.82 Å². The fourth-order valence-corrected chi connectivity index (χ4v) is 2.52. The molecule has 0 aliphatic rings.